The summed E-state index contributed by atoms with van der Waals surface area (Å²) in [6.07, 6.45) is 0. The molecule has 0 amide bonds. The summed E-state index contributed by atoms with van der Waals surface area (Å²) in [4.78, 5) is 4.09. The summed E-state index contributed by atoms with van der Waals surface area (Å²) < 4.78 is 29.0. The highest BCUT2D eigenvalue weighted by Gasteiger charge is 2.15. The van der Waals surface area contributed by atoms with Crippen molar-refractivity contribution in [3.05, 3.63) is 52.6 Å². The molecule has 2 N–H and O–H groups in total. The van der Waals surface area contributed by atoms with Crippen LogP contribution in [0.15, 0.2) is 30.3 Å². The average Bonchev–Trinajstić information content (AvgIpc) is 2.69. The Kier molecular flexibility index (Phi) is 2.87. The fourth-order valence-corrected chi connectivity index (χ4v) is 2.30. The van der Waals surface area contributed by atoms with E-state index in [1.807, 2.05) is 6.92 Å². The van der Waals surface area contributed by atoms with Gasteiger partial charge in [-0.3, -0.25) is 4.57 Å². The molecule has 0 radical (unpaired) electrons. The molecule has 3 aromatic rings. The summed E-state index contributed by atoms with van der Waals surface area (Å²) in [5.74, 6) is -0.989. The van der Waals surface area contributed by atoms with Gasteiger partial charge in [0.05, 0.1) is 21.7 Å². The zero-order chi connectivity index (χ0) is 14.4. The Morgan fingerprint density at radius 2 is 1.90 bits per heavy atom. The Bertz CT molecular complexity index is 827. The lowest BCUT2D eigenvalue weighted by Crippen LogP contribution is -2.03. The minimum Gasteiger partial charge on any atom is -0.369 e. The lowest BCUT2D eigenvalue weighted by Gasteiger charge is -2.09. The summed E-state index contributed by atoms with van der Waals surface area (Å²) >= 11 is 5.71. The second kappa shape index (κ2) is 4.45. The van der Waals surface area contributed by atoms with Crippen LogP contribution in [0.4, 0.5) is 14.7 Å². The fraction of sp³-hybridized carbons (Fsp3) is 0.0714. The van der Waals surface area contributed by atoms with E-state index in [1.165, 1.54) is 22.8 Å². The summed E-state index contributed by atoms with van der Waals surface area (Å²) in [5, 5.41) is -0.0492. The van der Waals surface area contributed by atoms with Crippen LogP contribution in [0.1, 0.15) is 5.56 Å². The molecule has 0 aliphatic heterocycles. The van der Waals surface area contributed by atoms with E-state index in [0.717, 1.165) is 5.56 Å². The molecule has 1 heterocycles. The minimum atomic E-state index is -0.603. The Morgan fingerprint density at radius 1 is 1.15 bits per heavy atom. The van der Waals surface area contributed by atoms with Gasteiger partial charge in [0.2, 0.25) is 5.95 Å². The Balaban J connectivity index is 2.38. The third kappa shape index (κ3) is 1.91. The van der Waals surface area contributed by atoms with Crippen molar-refractivity contribution >= 4 is 28.6 Å². The van der Waals surface area contributed by atoms with Gasteiger partial charge in [-0.15, -0.1) is 0 Å². The molecule has 0 bridgehead atoms. The van der Waals surface area contributed by atoms with Crippen LogP contribution >= 0.6 is 11.6 Å². The second-order valence-corrected chi connectivity index (χ2v) is 4.92. The van der Waals surface area contributed by atoms with Crippen molar-refractivity contribution in [1.29, 1.82) is 0 Å². The van der Waals surface area contributed by atoms with Gasteiger partial charge in [0.25, 0.3) is 0 Å². The van der Waals surface area contributed by atoms with E-state index < -0.39 is 11.6 Å². The molecule has 0 unspecified atom stereocenters. The van der Waals surface area contributed by atoms with E-state index in [-0.39, 0.29) is 16.7 Å². The molecule has 1 aromatic heterocycles. The summed E-state index contributed by atoms with van der Waals surface area (Å²) in [6, 6.07) is 7.17. The highest BCUT2D eigenvalue weighted by atomic mass is 35.5. The van der Waals surface area contributed by atoms with Gasteiger partial charge in [-0.2, -0.15) is 0 Å². The number of nitrogens with zero attached hydrogens (tertiary/aromatic N) is 2. The average molecular weight is 294 g/mol. The van der Waals surface area contributed by atoms with Crippen molar-refractivity contribution in [1.82, 2.24) is 9.55 Å². The van der Waals surface area contributed by atoms with E-state index in [4.69, 9.17) is 17.3 Å². The van der Waals surface area contributed by atoms with Crippen molar-refractivity contribution in [2.75, 3.05) is 5.73 Å². The van der Waals surface area contributed by atoms with Crippen LogP contribution < -0.4 is 5.73 Å². The third-order valence-corrected chi connectivity index (χ3v) is 3.35. The number of aryl methyl sites for hydroxylation is 1. The number of halogens is 3. The number of benzene rings is 2. The predicted octanol–water partition coefficient (Wildman–Crippen LogP) is 3.85. The van der Waals surface area contributed by atoms with Gasteiger partial charge in [-0.1, -0.05) is 17.7 Å². The van der Waals surface area contributed by atoms with Crippen molar-refractivity contribution in [2.24, 2.45) is 0 Å². The van der Waals surface area contributed by atoms with Crippen molar-refractivity contribution in [3.63, 3.8) is 0 Å². The molecule has 0 fully saturated rings. The molecule has 3 nitrogen and oxygen atoms in total. The normalized spacial score (nSPS) is 11.2. The molecule has 0 saturated heterocycles. The van der Waals surface area contributed by atoms with Crippen LogP contribution in [0.2, 0.25) is 5.02 Å². The fourth-order valence-electron chi connectivity index (χ4n) is 2.14. The van der Waals surface area contributed by atoms with Gasteiger partial charge in [0, 0.05) is 6.07 Å². The van der Waals surface area contributed by atoms with Crippen LogP contribution in [0.3, 0.4) is 0 Å². The van der Waals surface area contributed by atoms with Crippen LogP contribution in [-0.4, -0.2) is 9.55 Å². The number of imidazole rings is 1. The zero-order valence-corrected chi connectivity index (χ0v) is 11.2. The number of aromatic nitrogens is 2. The molecule has 3 rings (SSSR count). The lowest BCUT2D eigenvalue weighted by atomic mass is 10.2. The Labute approximate surface area is 118 Å². The molecule has 102 valence electrons. The quantitative estimate of drug-likeness (QED) is 0.740. The second-order valence-electron chi connectivity index (χ2n) is 4.52. The first kappa shape index (κ1) is 12.9. The monoisotopic (exact) mass is 293 g/mol. The maximum atomic E-state index is 14.0. The summed E-state index contributed by atoms with van der Waals surface area (Å²) in [5.41, 5.74) is 7.69. The van der Waals surface area contributed by atoms with Gasteiger partial charge in [0.1, 0.15) is 11.6 Å². The molecular weight excluding hydrogens is 284 g/mol. The minimum absolute atomic E-state index is 0.0492. The van der Waals surface area contributed by atoms with E-state index in [0.29, 0.717) is 11.0 Å². The van der Waals surface area contributed by atoms with Gasteiger partial charge in [-0.25, -0.2) is 13.8 Å². The van der Waals surface area contributed by atoms with Crippen LogP contribution in [-0.2, 0) is 0 Å². The van der Waals surface area contributed by atoms with E-state index in [1.54, 1.807) is 12.1 Å². The predicted molar refractivity (Wildman–Crippen MR) is 75.1 cm³/mol. The van der Waals surface area contributed by atoms with Gasteiger partial charge < -0.3 is 5.73 Å². The molecule has 0 spiro atoms. The first-order chi connectivity index (χ1) is 9.47. The highest BCUT2D eigenvalue weighted by molar-refractivity contribution is 6.31. The smallest absolute Gasteiger partial charge is 0.206 e. The molecule has 0 saturated carbocycles. The van der Waals surface area contributed by atoms with Crippen LogP contribution in [0, 0.1) is 18.6 Å². The van der Waals surface area contributed by atoms with Crippen molar-refractivity contribution in [2.45, 2.75) is 6.92 Å². The first-order valence-electron chi connectivity index (χ1n) is 5.87. The van der Waals surface area contributed by atoms with E-state index >= 15 is 0 Å². The number of anilines is 1. The Morgan fingerprint density at radius 3 is 2.65 bits per heavy atom. The molecule has 0 aliphatic carbocycles. The molecule has 6 heteroatoms. The molecule has 0 aliphatic rings. The molecule has 0 atom stereocenters. The maximum Gasteiger partial charge on any atom is 0.206 e. The summed E-state index contributed by atoms with van der Waals surface area (Å²) in [7, 11) is 0. The highest BCUT2D eigenvalue weighted by Crippen LogP contribution is 2.28. The van der Waals surface area contributed by atoms with Crippen molar-refractivity contribution in [3.8, 4) is 5.69 Å². The molecule has 2 aromatic carbocycles. The van der Waals surface area contributed by atoms with Crippen LogP contribution in [0.25, 0.3) is 16.7 Å². The SMILES string of the molecule is Cc1ccc(F)c(-n2c(N)nc3cc(Cl)c(F)cc32)c1. The Hall–Kier alpha value is -2.14. The summed E-state index contributed by atoms with van der Waals surface area (Å²) in [6.45, 7) is 1.83. The first-order valence-corrected chi connectivity index (χ1v) is 6.24. The number of nitrogen functional groups attached to an aromatic ring is 1. The van der Waals surface area contributed by atoms with Gasteiger partial charge in [0.15, 0.2) is 0 Å². The van der Waals surface area contributed by atoms with Crippen molar-refractivity contribution < 1.29 is 8.78 Å². The largest absolute Gasteiger partial charge is 0.369 e. The van der Waals surface area contributed by atoms with E-state index in [9.17, 15) is 8.78 Å². The molecule has 20 heavy (non-hydrogen) atoms. The standard InChI is InChI=1S/C14H10ClF2N3/c1-7-2-3-9(16)12(4-7)20-13-6-10(17)8(15)5-11(13)19-14(20)18/h2-6H,1H3,(H2,18,19). The van der Waals surface area contributed by atoms with E-state index in [2.05, 4.69) is 4.98 Å². The lowest BCUT2D eigenvalue weighted by molar-refractivity contribution is 0.618. The number of rotatable bonds is 1. The molecular formula is C14H10ClF2N3. The third-order valence-electron chi connectivity index (χ3n) is 3.07. The number of nitrogens with two attached hydrogens (primary N) is 1. The topological polar surface area (TPSA) is 43.8 Å². The number of hydrogen-bond donors (Lipinski definition) is 1. The number of hydrogen-bond acceptors (Lipinski definition) is 2. The van der Waals surface area contributed by atoms with Gasteiger partial charge in [-0.05, 0) is 30.7 Å². The van der Waals surface area contributed by atoms with Gasteiger partial charge >= 0.3 is 0 Å². The zero-order valence-electron chi connectivity index (χ0n) is 10.5. The van der Waals surface area contributed by atoms with Crippen LogP contribution in [0.5, 0.6) is 0 Å². The number of fused-ring (bicyclic) bond motifs is 1. The maximum absolute atomic E-state index is 14.0.